The molecule has 8 N–H and O–H groups in total. The van der Waals surface area contributed by atoms with Gasteiger partial charge in [0.25, 0.3) is 0 Å². The summed E-state index contributed by atoms with van der Waals surface area (Å²) >= 11 is 0. The van der Waals surface area contributed by atoms with Crippen LogP contribution in [0.2, 0.25) is 0 Å². The topological polar surface area (TPSA) is 226 Å². The van der Waals surface area contributed by atoms with Crippen molar-refractivity contribution in [3.8, 4) is 0 Å². The number of rotatable bonds is 11. The molecular weight excluding hydrogens is 677 g/mol. The first-order valence-electron chi connectivity index (χ1n) is 17.1. The van der Waals surface area contributed by atoms with Gasteiger partial charge in [0, 0.05) is 6.42 Å². The summed E-state index contributed by atoms with van der Waals surface area (Å²) in [6.45, 7) is 10.5. The zero-order valence-electron chi connectivity index (χ0n) is 29.5. The number of hydrogen-bond acceptors (Lipinski definition) is 13. The molecule has 2 amide bonds. The Bertz CT molecular complexity index is 1130. The highest BCUT2D eigenvalue weighted by Crippen LogP contribution is 2.43. The van der Waals surface area contributed by atoms with E-state index in [0.29, 0.717) is 12.8 Å². The number of amides is 2. The third kappa shape index (κ3) is 10.2. The van der Waals surface area contributed by atoms with Crippen LogP contribution >= 0.6 is 0 Å². The maximum atomic E-state index is 14.0. The van der Waals surface area contributed by atoms with Gasteiger partial charge < -0.3 is 65.0 Å². The van der Waals surface area contributed by atoms with Crippen molar-refractivity contribution in [1.82, 2.24) is 10.6 Å². The van der Waals surface area contributed by atoms with Crippen LogP contribution in [-0.4, -0.2) is 140 Å². The summed E-state index contributed by atoms with van der Waals surface area (Å²) in [5.41, 5.74) is -2.48. The maximum absolute atomic E-state index is 14.0. The van der Waals surface area contributed by atoms with Gasteiger partial charge in [-0.1, -0.05) is 27.2 Å². The lowest BCUT2D eigenvalue weighted by molar-refractivity contribution is -0.359. The normalized spacial score (nSPS) is 40.5. The van der Waals surface area contributed by atoms with Crippen molar-refractivity contribution < 1.29 is 77.1 Å². The summed E-state index contributed by atoms with van der Waals surface area (Å²) in [4.78, 5) is 25.8. The molecule has 3 aliphatic rings. The standard InChI is InChI=1S/C32H55F3N2O13/c1-8-10-16(39)26(44)37-31(7)12-14(3)24(48-27-15(11-17(40)18(9-2)46-27)36-29(45)50-30(4,5)6)23(43)25(31)49-28-22(42)20(32(33,34)35)21(41)19(13-38)47-28/h14-25,27-28,38-43H,8-13H2,1-7H3,(H,36,45)(H,37,44)/t14?,15?,16-,17?,18?,19?,20?,21?,22?,23?,24?,25?,27?,28?,31?/m0/s1. The zero-order valence-corrected chi connectivity index (χ0v) is 29.5. The molecular formula is C32H55F3N2O13. The minimum absolute atomic E-state index is 0.0194. The Hall–Kier alpha value is -1.87. The molecule has 0 bridgehead atoms. The van der Waals surface area contributed by atoms with E-state index in [1.165, 1.54) is 6.92 Å². The van der Waals surface area contributed by atoms with Crippen LogP contribution in [0.1, 0.15) is 80.6 Å². The third-order valence-electron chi connectivity index (χ3n) is 9.36. The van der Waals surface area contributed by atoms with Crippen molar-refractivity contribution in [1.29, 1.82) is 0 Å². The molecule has 3 fully saturated rings. The molecule has 0 radical (unpaired) electrons. The number of carbonyl (C=O) groups excluding carboxylic acids is 2. The third-order valence-corrected chi connectivity index (χ3v) is 9.36. The molecule has 0 aromatic carbocycles. The van der Waals surface area contributed by atoms with Crippen molar-refractivity contribution in [3.63, 3.8) is 0 Å². The van der Waals surface area contributed by atoms with Crippen LogP contribution in [0.15, 0.2) is 0 Å². The molecule has 0 aromatic heterocycles. The highest BCUT2D eigenvalue weighted by Gasteiger charge is 2.60. The van der Waals surface area contributed by atoms with Crippen LogP contribution in [0.25, 0.3) is 0 Å². The Labute approximate surface area is 289 Å². The number of hydrogen-bond donors (Lipinski definition) is 8. The van der Waals surface area contributed by atoms with E-state index in [1.54, 1.807) is 41.5 Å². The number of alkyl carbamates (subject to hydrolysis) is 1. The molecule has 2 aliphatic heterocycles. The summed E-state index contributed by atoms with van der Waals surface area (Å²) in [6.07, 6.45) is -23.2. The van der Waals surface area contributed by atoms with E-state index in [4.69, 9.17) is 23.7 Å². The lowest BCUT2D eigenvalue weighted by Crippen LogP contribution is -2.71. The Morgan fingerprint density at radius 1 is 0.980 bits per heavy atom. The number of halogens is 3. The number of alkyl halides is 3. The molecule has 0 spiro atoms. The molecule has 15 nitrogen and oxygen atoms in total. The molecule has 1 saturated carbocycles. The van der Waals surface area contributed by atoms with Crippen LogP contribution in [0.5, 0.6) is 0 Å². The van der Waals surface area contributed by atoms with Crippen LogP contribution < -0.4 is 10.6 Å². The number of aliphatic hydroxyl groups is 6. The van der Waals surface area contributed by atoms with E-state index in [-0.39, 0.29) is 19.3 Å². The van der Waals surface area contributed by atoms with Gasteiger partial charge in [-0.15, -0.1) is 0 Å². The van der Waals surface area contributed by atoms with Crippen LogP contribution in [0.3, 0.4) is 0 Å². The minimum atomic E-state index is -5.15. The maximum Gasteiger partial charge on any atom is 0.408 e. The first-order chi connectivity index (χ1) is 23.1. The summed E-state index contributed by atoms with van der Waals surface area (Å²) in [6, 6.07) is -0.985. The average Bonchev–Trinajstić information content (AvgIpc) is 2.97. The smallest absolute Gasteiger partial charge is 0.408 e. The average molecular weight is 733 g/mol. The number of nitrogens with one attached hydrogen (secondary N) is 2. The number of aliphatic hydroxyl groups excluding tert-OH is 6. The molecule has 18 heteroatoms. The van der Waals surface area contributed by atoms with E-state index in [2.05, 4.69) is 10.6 Å². The Balaban J connectivity index is 1.99. The molecule has 3 rings (SSSR count). The first kappa shape index (κ1) is 42.5. The monoisotopic (exact) mass is 732 g/mol. The number of carbonyl (C=O) groups is 2. The molecule has 2 heterocycles. The minimum Gasteiger partial charge on any atom is -0.444 e. The van der Waals surface area contributed by atoms with Gasteiger partial charge in [-0.3, -0.25) is 4.79 Å². The fourth-order valence-electron chi connectivity index (χ4n) is 6.97. The Morgan fingerprint density at radius 3 is 2.14 bits per heavy atom. The summed E-state index contributed by atoms with van der Waals surface area (Å²) < 4.78 is 71.0. The summed E-state index contributed by atoms with van der Waals surface area (Å²) in [7, 11) is 0. The van der Waals surface area contributed by atoms with Gasteiger partial charge in [-0.05, 0) is 52.9 Å². The fourth-order valence-corrected chi connectivity index (χ4v) is 6.97. The lowest BCUT2D eigenvalue weighted by Gasteiger charge is -2.53. The molecule has 50 heavy (non-hydrogen) atoms. The van der Waals surface area contributed by atoms with Gasteiger partial charge in [0.2, 0.25) is 5.91 Å². The summed E-state index contributed by atoms with van der Waals surface area (Å²) in [5, 5.41) is 69.0. The lowest BCUT2D eigenvalue weighted by atomic mass is 9.71. The molecule has 0 aromatic rings. The van der Waals surface area contributed by atoms with Crippen molar-refractivity contribution in [2.24, 2.45) is 11.8 Å². The second kappa shape index (κ2) is 16.9. The number of ether oxygens (including phenoxy) is 5. The van der Waals surface area contributed by atoms with Gasteiger partial charge in [0.15, 0.2) is 12.6 Å². The molecule has 15 atom stereocenters. The Kier molecular flexibility index (Phi) is 14.3. The van der Waals surface area contributed by atoms with Crippen LogP contribution in [0.4, 0.5) is 18.0 Å². The van der Waals surface area contributed by atoms with E-state index in [1.807, 2.05) is 0 Å². The highest BCUT2D eigenvalue weighted by atomic mass is 19.4. The quantitative estimate of drug-likeness (QED) is 0.146. The first-order valence-corrected chi connectivity index (χ1v) is 17.1. The van der Waals surface area contributed by atoms with Crippen molar-refractivity contribution in [2.75, 3.05) is 6.61 Å². The van der Waals surface area contributed by atoms with Crippen LogP contribution in [-0.2, 0) is 28.5 Å². The largest absolute Gasteiger partial charge is 0.444 e. The predicted octanol–water partition coefficient (Wildman–Crippen LogP) is 0.590. The van der Waals surface area contributed by atoms with E-state index in [9.17, 15) is 53.4 Å². The Morgan fingerprint density at radius 2 is 1.60 bits per heavy atom. The van der Waals surface area contributed by atoms with Gasteiger partial charge in [0.1, 0.15) is 42.0 Å². The fraction of sp³-hybridized carbons (Fsp3) is 0.938. The van der Waals surface area contributed by atoms with E-state index < -0.39 is 121 Å². The molecule has 14 unspecified atom stereocenters. The SMILES string of the molecule is CCC[C@H](O)C(=O)NC1(C)CC(C)C(OC2OC(CC)C(O)CC2NC(=O)OC(C)(C)C)C(O)C1OC1OC(CO)C(O)C(C(F)(F)F)C1O. The van der Waals surface area contributed by atoms with Gasteiger partial charge >= 0.3 is 12.3 Å². The van der Waals surface area contributed by atoms with Crippen molar-refractivity contribution in [3.05, 3.63) is 0 Å². The van der Waals surface area contributed by atoms with Crippen LogP contribution in [0, 0.1) is 11.8 Å². The predicted molar refractivity (Wildman–Crippen MR) is 167 cm³/mol. The van der Waals surface area contributed by atoms with Crippen molar-refractivity contribution >= 4 is 12.0 Å². The highest BCUT2D eigenvalue weighted by molar-refractivity contribution is 5.81. The summed E-state index contributed by atoms with van der Waals surface area (Å²) in [5.74, 6) is -4.30. The van der Waals surface area contributed by atoms with Gasteiger partial charge in [-0.25, -0.2) is 4.79 Å². The van der Waals surface area contributed by atoms with Crippen molar-refractivity contribution in [2.45, 2.75) is 171 Å². The molecule has 2 saturated heterocycles. The second-order valence-corrected chi connectivity index (χ2v) is 14.8. The van der Waals surface area contributed by atoms with E-state index in [0.717, 1.165) is 0 Å². The van der Waals surface area contributed by atoms with Gasteiger partial charge in [-0.2, -0.15) is 13.2 Å². The van der Waals surface area contributed by atoms with E-state index >= 15 is 0 Å². The molecule has 292 valence electrons. The second-order valence-electron chi connectivity index (χ2n) is 14.8. The molecule has 1 aliphatic carbocycles. The van der Waals surface area contributed by atoms with Gasteiger partial charge in [0.05, 0.1) is 42.6 Å². The zero-order chi connectivity index (χ0) is 37.9.